The maximum atomic E-state index is 12.2. The quantitative estimate of drug-likeness (QED) is 0.839. The van der Waals surface area contributed by atoms with E-state index < -0.39 is 5.60 Å². The smallest absolute Gasteiger partial charge is 0.410 e. The number of likely N-dealkylation sites (tertiary alicyclic amines) is 1. The molecule has 0 spiro atoms. The molecule has 1 atom stereocenters. The second kappa shape index (κ2) is 6.34. The summed E-state index contributed by atoms with van der Waals surface area (Å²) in [4.78, 5) is 30.0. The number of methoxy groups -OCH3 is 1. The van der Waals surface area contributed by atoms with Gasteiger partial charge >= 0.3 is 6.09 Å². The lowest BCUT2D eigenvalue weighted by Crippen LogP contribution is -2.45. The summed E-state index contributed by atoms with van der Waals surface area (Å²) in [6, 6.07) is 3.53. The fraction of sp³-hybridized carbons (Fsp3) is 0.562. The van der Waals surface area contributed by atoms with Gasteiger partial charge in [-0.15, -0.1) is 0 Å². The number of ketones is 1. The number of nitrogens with zero attached hydrogens (tertiary/aromatic N) is 2. The average molecular weight is 306 g/mol. The van der Waals surface area contributed by atoms with Crippen LogP contribution in [-0.4, -0.2) is 47.6 Å². The molecular formula is C16H22N2O4. The van der Waals surface area contributed by atoms with Gasteiger partial charge in [0, 0.05) is 31.8 Å². The summed E-state index contributed by atoms with van der Waals surface area (Å²) < 4.78 is 10.4. The SMILES string of the molecule is COc1ccc([C@H]2CN(C(=O)OC(C)(C)C)CCC2=O)cn1. The summed E-state index contributed by atoms with van der Waals surface area (Å²) in [7, 11) is 1.54. The number of rotatable bonds is 2. The van der Waals surface area contributed by atoms with Crippen LogP contribution in [0.5, 0.6) is 5.88 Å². The van der Waals surface area contributed by atoms with E-state index >= 15 is 0 Å². The first-order valence-corrected chi connectivity index (χ1v) is 7.31. The van der Waals surface area contributed by atoms with Crippen molar-refractivity contribution in [1.82, 2.24) is 9.88 Å². The average Bonchev–Trinajstić information content (AvgIpc) is 2.46. The standard InChI is InChI=1S/C16H22N2O4/c1-16(2,3)22-15(20)18-8-7-13(19)12(10-18)11-5-6-14(21-4)17-9-11/h5-6,9,12H,7-8,10H2,1-4H3/t12-/m1/s1. The van der Waals surface area contributed by atoms with Crippen LogP contribution in [0.4, 0.5) is 4.79 Å². The van der Waals surface area contributed by atoms with E-state index in [4.69, 9.17) is 9.47 Å². The Labute approximate surface area is 130 Å². The summed E-state index contributed by atoms with van der Waals surface area (Å²) in [6.45, 7) is 6.19. The minimum absolute atomic E-state index is 0.117. The molecule has 0 unspecified atom stereocenters. The Morgan fingerprint density at radius 1 is 1.36 bits per heavy atom. The largest absolute Gasteiger partial charge is 0.481 e. The summed E-state index contributed by atoms with van der Waals surface area (Å²) in [5.41, 5.74) is 0.245. The number of carbonyl (C=O) groups is 2. The predicted octanol–water partition coefficient (Wildman–Crippen LogP) is 2.38. The summed E-state index contributed by atoms with van der Waals surface area (Å²) >= 11 is 0. The Kier molecular flexibility index (Phi) is 4.68. The monoisotopic (exact) mass is 306 g/mol. The predicted molar refractivity (Wildman–Crippen MR) is 81.0 cm³/mol. The molecule has 1 saturated heterocycles. The molecule has 1 aromatic rings. The van der Waals surface area contributed by atoms with Crippen LogP contribution in [0, 0.1) is 0 Å². The topological polar surface area (TPSA) is 68.7 Å². The van der Waals surface area contributed by atoms with E-state index in [2.05, 4.69) is 4.98 Å². The number of hydrogen-bond acceptors (Lipinski definition) is 5. The number of pyridine rings is 1. The zero-order valence-electron chi connectivity index (χ0n) is 13.5. The molecule has 0 saturated carbocycles. The highest BCUT2D eigenvalue weighted by molar-refractivity contribution is 5.88. The van der Waals surface area contributed by atoms with Crippen molar-refractivity contribution >= 4 is 11.9 Å². The molecule has 1 fully saturated rings. The van der Waals surface area contributed by atoms with Crippen LogP contribution in [0.1, 0.15) is 38.7 Å². The summed E-state index contributed by atoms with van der Waals surface area (Å²) in [5.74, 6) is 0.252. The molecule has 1 aliphatic rings. The van der Waals surface area contributed by atoms with Gasteiger partial charge in [-0.25, -0.2) is 9.78 Å². The maximum absolute atomic E-state index is 12.2. The van der Waals surface area contributed by atoms with Crippen molar-refractivity contribution in [3.05, 3.63) is 23.9 Å². The Morgan fingerprint density at radius 2 is 2.09 bits per heavy atom. The molecule has 0 aliphatic carbocycles. The third-order valence-electron chi connectivity index (χ3n) is 3.44. The Morgan fingerprint density at radius 3 is 2.64 bits per heavy atom. The van der Waals surface area contributed by atoms with Gasteiger partial charge in [-0.1, -0.05) is 6.07 Å². The zero-order valence-corrected chi connectivity index (χ0v) is 13.5. The van der Waals surface area contributed by atoms with E-state index in [0.29, 0.717) is 25.4 Å². The highest BCUT2D eigenvalue weighted by atomic mass is 16.6. The lowest BCUT2D eigenvalue weighted by Gasteiger charge is -2.33. The normalized spacial score (nSPS) is 19.0. The van der Waals surface area contributed by atoms with Crippen molar-refractivity contribution in [2.45, 2.75) is 38.7 Å². The van der Waals surface area contributed by atoms with Crippen molar-refractivity contribution in [1.29, 1.82) is 0 Å². The molecule has 2 heterocycles. The third kappa shape index (κ3) is 3.96. The molecule has 6 nitrogen and oxygen atoms in total. The molecule has 6 heteroatoms. The second-order valence-corrected chi connectivity index (χ2v) is 6.33. The van der Waals surface area contributed by atoms with Crippen LogP contribution in [0.25, 0.3) is 0 Å². The van der Waals surface area contributed by atoms with E-state index in [0.717, 1.165) is 5.56 Å². The van der Waals surface area contributed by atoms with E-state index in [1.165, 1.54) is 7.11 Å². The zero-order chi connectivity index (χ0) is 16.3. The lowest BCUT2D eigenvalue weighted by molar-refractivity contribution is -0.123. The third-order valence-corrected chi connectivity index (χ3v) is 3.44. The number of hydrogen-bond donors (Lipinski definition) is 0. The molecule has 0 radical (unpaired) electrons. The number of piperidine rings is 1. The van der Waals surface area contributed by atoms with E-state index in [1.807, 2.05) is 26.8 Å². The highest BCUT2D eigenvalue weighted by Gasteiger charge is 2.33. The van der Waals surface area contributed by atoms with E-state index in [-0.39, 0.29) is 17.8 Å². The molecule has 120 valence electrons. The van der Waals surface area contributed by atoms with Gasteiger partial charge < -0.3 is 14.4 Å². The van der Waals surface area contributed by atoms with Crippen molar-refractivity contribution < 1.29 is 19.1 Å². The number of Topliss-reactive ketones (excluding diaryl/α,β-unsaturated/α-hetero) is 1. The van der Waals surface area contributed by atoms with Crippen LogP contribution < -0.4 is 4.74 Å². The Bertz CT molecular complexity index is 548. The molecule has 22 heavy (non-hydrogen) atoms. The molecule has 1 aromatic heterocycles. The van der Waals surface area contributed by atoms with Crippen molar-refractivity contribution in [2.75, 3.05) is 20.2 Å². The summed E-state index contributed by atoms with van der Waals surface area (Å²) in [6.07, 6.45) is 1.57. The van der Waals surface area contributed by atoms with Crippen molar-refractivity contribution in [2.24, 2.45) is 0 Å². The fourth-order valence-electron chi connectivity index (χ4n) is 2.34. The van der Waals surface area contributed by atoms with Gasteiger partial charge in [0.25, 0.3) is 0 Å². The van der Waals surface area contributed by atoms with Crippen LogP contribution in [0.3, 0.4) is 0 Å². The van der Waals surface area contributed by atoms with Crippen LogP contribution in [0.15, 0.2) is 18.3 Å². The molecule has 1 aliphatic heterocycles. The number of aromatic nitrogens is 1. The van der Waals surface area contributed by atoms with Gasteiger partial charge in [-0.2, -0.15) is 0 Å². The van der Waals surface area contributed by atoms with Crippen molar-refractivity contribution in [3.63, 3.8) is 0 Å². The molecular weight excluding hydrogens is 284 g/mol. The van der Waals surface area contributed by atoms with E-state index in [1.54, 1.807) is 17.2 Å². The molecule has 0 aromatic carbocycles. The van der Waals surface area contributed by atoms with Gasteiger partial charge in [-0.05, 0) is 26.3 Å². The minimum atomic E-state index is -0.546. The Balaban J connectivity index is 2.10. The Hall–Kier alpha value is -2.11. The van der Waals surface area contributed by atoms with Crippen LogP contribution in [-0.2, 0) is 9.53 Å². The fourth-order valence-corrected chi connectivity index (χ4v) is 2.34. The number of ether oxygens (including phenoxy) is 2. The molecule has 0 bridgehead atoms. The van der Waals surface area contributed by atoms with Crippen molar-refractivity contribution in [3.8, 4) is 5.88 Å². The highest BCUT2D eigenvalue weighted by Crippen LogP contribution is 2.25. The first-order valence-electron chi connectivity index (χ1n) is 7.31. The lowest BCUT2D eigenvalue weighted by atomic mass is 9.90. The summed E-state index contributed by atoms with van der Waals surface area (Å²) in [5, 5.41) is 0. The number of carbonyl (C=O) groups excluding carboxylic acids is 2. The molecule has 2 rings (SSSR count). The van der Waals surface area contributed by atoms with E-state index in [9.17, 15) is 9.59 Å². The van der Waals surface area contributed by atoms with Crippen LogP contribution >= 0.6 is 0 Å². The number of amides is 1. The maximum Gasteiger partial charge on any atom is 0.410 e. The van der Waals surface area contributed by atoms with Gasteiger partial charge in [0.15, 0.2) is 0 Å². The molecule has 1 amide bonds. The first kappa shape index (κ1) is 16.3. The minimum Gasteiger partial charge on any atom is -0.481 e. The van der Waals surface area contributed by atoms with Gasteiger partial charge in [0.1, 0.15) is 11.4 Å². The molecule has 0 N–H and O–H groups in total. The van der Waals surface area contributed by atoms with Crippen LogP contribution in [0.2, 0.25) is 0 Å². The van der Waals surface area contributed by atoms with Gasteiger partial charge in [-0.3, -0.25) is 4.79 Å². The van der Waals surface area contributed by atoms with Gasteiger partial charge in [0.05, 0.1) is 13.0 Å². The first-order chi connectivity index (χ1) is 10.3. The second-order valence-electron chi connectivity index (χ2n) is 6.33. The van der Waals surface area contributed by atoms with Gasteiger partial charge in [0.2, 0.25) is 5.88 Å².